The Balaban J connectivity index is 1.89. The number of hydrogen-bond acceptors (Lipinski definition) is 7. The van der Waals surface area contributed by atoms with E-state index in [0.29, 0.717) is 28.9 Å². The van der Waals surface area contributed by atoms with Gasteiger partial charge in [-0.25, -0.2) is 9.78 Å². The van der Waals surface area contributed by atoms with Crippen molar-refractivity contribution in [2.75, 3.05) is 24.9 Å². The van der Waals surface area contributed by atoms with Crippen molar-refractivity contribution in [1.29, 1.82) is 0 Å². The molecule has 0 saturated carbocycles. The van der Waals surface area contributed by atoms with E-state index >= 15 is 0 Å². The molecule has 0 aliphatic carbocycles. The number of hydrogen-bond donors (Lipinski definition) is 2. The molecule has 1 amide bonds. The summed E-state index contributed by atoms with van der Waals surface area (Å²) in [6.45, 7) is 0. The van der Waals surface area contributed by atoms with Crippen molar-refractivity contribution >= 4 is 46.3 Å². The fourth-order valence-electron chi connectivity index (χ4n) is 2.31. The summed E-state index contributed by atoms with van der Waals surface area (Å²) < 4.78 is 4.72. The Hall–Kier alpha value is -2.00. The summed E-state index contributed by atoms with van der Waals surface area (Å²) in [4.78, 5) is 42.9. The van der Waals surface area contributed by atoms with Gasteiger partial charge in [0.2, 0.25) is 5.91 Å². The maximum absolute atomic E-state index is 12.1. The molecule has 1 aromatic heterocycles. The number of methoxy groups -OCH3 is 1. The molecule has 140 valence electrons. The summed E-state index contributed by atoms with van der Waals surface area (Å²) in [6.07, 6.45) is 2.45. The number of nitrogens with zero attached hydrogens (tertiary/aromatic N) is 1. The van der Waals surface area contributed by atoms with Gasteiger partial charge in [-0.2, -0.15) is 11.8 Å². The molecule has 2 N–H and O–H groups in total. The molecule has 2 aromatic rings. The Bertz CT molecular complexity index is 825. The molecule has 0 aliphatic heterocycles. The first-order valence-electron chi connectivity index (χ1n) is 7.97. The molecule has 26 heavy (non-hydrogen) atoms. The molecule has 0 radical (unpaired) electrons. The number of aromatic nitrogens is 2. The van der Waals surface area contributed by atoms with Gasteiger partial charge in [0, 0.05) is 0 Å². The van der Waals surface area contributed by atoms with E-state index in [1.54, 1.807) is 30.0 Å². The smallest absolute Gasteiger partial charge is 0.328 e. The normalized spacial score (nSPS) is 11.9. The standard InChI is InChI=1S/C17H21N3O4S2/c1-24-17(23)13(7-8-25-2)19-15(21)10-26-9-14-18-12-6-4-3-5-11(12)16(22)20-14/h3-6,13H,7-10H2,1-2H3,(H,19,21)(H,18,20,22). The summed E-state index contributed by atoms with van der Waals surface area (Å²) in [5, 5.41) is 3.23. The number of H-pyrrole nitrogens is 1. The molecule has 7 nitrogen and oxygen atoms in total. The number of benzene rings is 1. The highest BCUT2D eigenvalue weighted by atomic mass is 32.2. The Morgan fingerprint density at radius 1 is 1.35 bits per heavy atom. The van der Waals surface area contributed by atoms with Crippen LogP contribution in [0.3, 0.4) is 0 Å². The van der Waals surface area contributed by atoms with Crippen LogP contribution in [0.15, 0.2) is 29.1 Å². The van der Waals surface area contributed by atoms with Crippen molar-refractivity contribution in [3.05, 3.63) is 40.4 Å². The fourth-order valence-corrected chi connectivity index (χ4v) is 3.48. The van der Waals surface area contributed by atoms with Crippen LogP contribution in [-0.2, 0) is 20.1 Å². The van der Waals surface area contributed by atoms with Gasteiger partial charge in [-0.3, -0.25) is 9.59 Å². The molecule has 2 rings (SSSR count). The summed E-state index contributed by atoms with van der Waals surface area (Å²) in [5.41, 5.74) is 0.428. The van der Waals surface area contributed by atoms with Gasteiger partial charge in [0.05, 0.1) is 29.5 Å². The average Bonchev–Trinajstić information content (AvgIpc) is 2.64. The Morgan fingerprint density at radius 2 is 2.12 bits per heavy atom. The first-order valence-corrected chi connectivity index (χ1v) is 10.5. The van der Waals surface area contributed by atoms with Gasteiger partial charge >= 0.3 is 5.97 Å². The van der Waals surface area contributed by atoms with Crippen LogP contribution in [0.2, 0.25) is 0 Å². The highest BCUT2D eigenvalue weighted by Gasteiger charge is 2.20. The zero-order chi connectivity index (χ0) is 18.9. The first-order chi connectivity index (χ1) is 12.5. The van der Waals surface area contributed by atoms with Gasteiger partial charge < -0.3 is 15.0 Å². The Morgan fingerprint density at radius 3 is 2.85 bits per heavy atom. The molecular formula is C17H21N3O4S2. The molecule has 0 spiro atoms. The van der Waals surface area contributed by atoms with Crippen LogP contribution < -0.4 is 10.9 Å². The largest absolute Gasteiger partial charge is 0.467 e. The van der Waals surface area contributed by atoms with Crippen LogP contribution in [0.25, 0.3) is 10.9 Å². The Kier molecular flexibility index (Phi) is 7.99. The number of amides is 1. The quantitative estimate of drug-likeness (QED) is 0.622. The summed E-state index contributed by atoms with van der Waals surface area (Å²) in [5.74, 6) is 1.10. The predicted octanol–water partition coefficient (Wildman–Crippen LogP) is 1.57. The minimum Gasteiger partial charge on any atom is -0.467 e. The number of nitrogens with one attached hydrogen (secondary N) is 2. The first kappa shape index (κ1) is 20.3. The van der Waals surface area contributed by atoms with Crippen molar-refractivity contribution in [3.8, 4) is 0 Å². The topological polar surface area (TPSA) is 101 Å². The second-order valence-corrected chi connectivity index (χ2v) is 7.42. The van der Waals surface area contributed by atoms with Crippen molar-refractivity contribution in [2.24, 2.45) is 0 Å². The number of rotatable bonds is 9. The Labute approximate surface area is 159 Å². The third kappa shape index (κ3) is 5.77. The highest BCUT2D eigenvalue weighted by molar-refractivity contribution is 7.99. The molecule has 1 atom stereocenters. The number of para-hydroxylation sites is 1. The van der Waals surface area contributed by atoms with Crippen molar-refractivity contribution in [3.63, 3.8) is 0 Å². The molecule has 1 unspecified atom stereocenters. The van der Waals surface area contributed by atoms with Gasteiger partial charge in [-0.05, 0) is 30.6 Å². The van der Waals surface area contributed by atoms with Gasteiger partial charge in [-0.15, -0.1) is 11.8 Å². The van der Waals surface area contributed by atoms with Gasteiger partial charge in [0.25, 0.3) is 5.56 Å². The molecule has 0 fully saturated rings. The van der Waals surface area contributed by atoms with Crippen molar-refractivity contribution in [1.82, 2.24) is 15.3 Å². The van der Waals surface area contributed by atoms with Crippen LogP contribution in [0.4, 0.5) is 0 Å². The van der Waals surface area contributed by atoms with Crippen LogP contribution in [-0.4, -0.2) is 52.8 Å². The molecular weight excluding hydrogens is 374 g/mol. The fraction of sp³-hybridized carbons (Fsp3) is 0.412. The molecule has 1 aromatic carbocycles. The SMILES string of the molecule is COC(=O)C(CCSC)NC(=O)CSCc1nc2ccccc2c(=O)[nH]1. The number of fused-ring (bicyclic) bond motifs is 1. The molecule has 9 heteroatoms. The van der Waals surface area contributed by atoms with Crippen LogP contribution in [0, 0.1) is 0 Å². The van der Waals surface area contributed by atoms with E-state index in [4.69, 9.17) is 4.74 Å². The number of aromatic amines is 1. The van der Waals surface area contributed by atoms with Crippen LogP contribution >= 0.6 is 23.5 Å². The van der Waals surface area contributed by atoms with E-state index < -0.39 is 12.0 Å². The second kappa shape index (κ2) is 10.2. The second-order valence-electron chi connectivity index (χ2n) is 5.45. The maximum atomic E-state index is 12.1. The van der Waals surface area contributed by atoms with E-state index in [2.05, 4.69) is 15.3 Å². The van der Waals surface area contributed by atoms with Crippen molar-refractivity contribution < 1.29 is 14.3 Å². The number of carbonyl (C=O) groups excluding carboxylic acids is 2. The lowest BCUT2D eigenvalue weighted by Crippen LogP contribution is -2.42. The third-order valence-electron chi connectivity index (χ3n) is 3.57. The van der Waals surface area contributed by atoms with E-state index in [9.17, 15) is 14.4 Å². The van der Waals surface area contributed by atoms with E-state index in [1.165, 1.54) is 18.9 Å². The summed E-state index contributed by atoms with van der Waals surface area (Å²) in [7, 11) is 1.30. The van der Waals surface area contributed by atoms with Gasteiger partial charge in [0.15, 0.2) is 0 Å². The van der Waals surface area contributed by atoms with Gasteiger partial charge in [-0.1, -0.05) is 12.1 Å². The number of ether oxygens (including phenoxy) is 1. The van der Waals surface area contributed by atoms with Crippen LogP contribution in [0.1, 0.15) is 12.2 Å². The molecule has 0 aliphatic rings. The lowest BCUT2D eigenvalue weighted by Gasteiger charge is -2.15. The average molecular weight is 396 g/mol. The summed E-state index contributed by atoms with van der Waals surface area (Å²) >= 11 is 2.91. The lowest BCUT2D eigenvalue weighted by molar-refractivity contribution is -0.144. The lowest BCUT2D eigenvalue weighted by atomic mass is 10.2. The van der Waals surface area contributed by atoms with Crippen molar-refractivity contribution in [2.45, 2.75) is 18.2 Å². The number of esters is 1. The third-order valence-corrected chi connectivity index (χ3v) is 5.15. The monoisotopic (exact) mass is 395 g/mol. The maximum Gasteiger partial charge on any atom is 0.328 e. The number of thioether (sulfide) groups is 2. The number of carbonyl (C=O) groups is 2. The predicted molar refractivity (Wildman–Crippen MR) is 105 cm³/mol. The molecule has 0 bridgehead atoms. The highest BCUT2D eigenvalue weighted by Crippen LogP contribution is 2.11. The van der Waals surface area contributed by atoms with E-state index in [1.807, 2.05) is 12.3 Å². The van der Waals surface area contributed by atoms with E-state index in [-0.39, 0.29) is 17.2 Å². The minimum atomic E-state index is -0.640. The summed E-state index contributed by atoms with van der Waals surface area (Å²) in [6, 6.07) is 6.46. The van der Waals surface area contributed by atoms with Crippen LogP contribution in [0.5, 0.6) is 0 Å². The zero-order valence-corrected chi connectivity index (χ0v) is 16.2. The zero-order valence-electron chi connectivity index (χ0n) is 14.6. The van der Waals surface area contributed by atoms with E-state index in [0.717, 1.165) is 5.75 Å². The minimum absolute atomic E-state index is 0.156. The molecule has 0 saturated heterocycles. The molecule has 1 heterocycles. The van der Waals surface area contributed by atoms with Gasteiger partial charge in [0.1, 0.15) is 11.9 Å².